The van der Waals surface area contributed by atoms with E-state index >= 15 is 0 Å². The van der Waals surface area contributed by atoms with E-state index in [0.717, 1.165) is 69.3 Å². The largest absolute Gasteiger partial charge is 0.456 e. The van der Waals surface area contributed by atoms with Gasteiger partial charge in [0, 0.05) is 50.1 Å². The van der Waals surface area contributed by atoms with Crippen LogP contribution in [0.15, 0.2) is 227 Å². The van der Waals surface area contributed by atoms with Crippen molar-refractivity contribution in [1.82, 2.24) is 4.57 Å². The number of aliphatic imine (C=N–C) groups is 1. The third kappa shape index (κ3) is 6.30. The van der Waals surface area contributed by atoms with Crippen LogP contribution in [-0.4, -0.2) is 16.3 Å². The molecule has 4 heterocycles. The molecule has 312 valence electrons. The van der Waals surface area contributed by atoms with Gasteiger partial charge in [-0.1, -0.05) is 147 Å². The van der Waals surface area contributed by atoms with Crippen molar-refractivity contribution in [2.24, 2.45) is 10.9 Å². The van der Waals surface area contributed by atoms with E-state index in [1.165, 1.54) is 55.5 Å². The van der Waals surface area contributed by atoms with Gasteiger partial charge >= 0.3 is 0 Å². The number of fused-ring (bicyclic) bond motifs is 9. The molecule has 0 amide bonds. The van der Waals surface area contributed by atoms with Crippen LogP contribution in [0.2, 0.25) is 0 Å². The van der Waals surface area contributed by atoms with Gasteiger partial charge in [-0.05, 0) is 125 Å². The van der Waals surface area contributed by atoms with Crippen LogP contribution in [0.5, 0.6) is 0 Å². The Morgan fingerprint density at radius 3 is 2.15 bits per heavy atom. The van der Waals surface area contributed by atoms with Gasteiger partial charge in [-0.25, -0.2) is 0 Å². The Morgan fingerprint density at radius 2 is 1.31 bits per heavy atom. The predicted octanol–water partition coefficient (Wildman–Crippen LogP) is 15.9. The van der Waals surface area contributed by atoms with Crippen molar-refractivity contribution in [3.63, 3.8) is 0 Å². The number of benzene rings is 7. The average molecular weight is 838 g/mol. The summed E-state index contributed by atoms with van der Waals surface area (Å²) in [6.07, 6.45) is 21.5. The molecule has 0 spiro atoms. The molecule has 2 aromatic heterocycles. The maximum absolute atomic E-state index is 6.22. The minimum atomic E-state index is -0.113. The van der Waals surface area contributed by atoms with Gasteiger partial charge in [-0.2, -0.15) is 0 Å². The zero-order valence-electron chi connectivity index (χ0n) is 36.3. The minimum absolute atomic E-state index is 0.113. The Balaban J connectivity index is 1.01. The first-order valence-electron chi connectivity index (χ1n) is 23.2. The Kier molecular flexibility index (Phi) is 8.87. The van der Waals surface area contributed by atoms with Crippen LogP contribution in [0, 0.1) is 5.92 Å². The van der Waals surface area contributed by atoms with E-state index in [2.05, 4.69) is 211 Å². The second-order valence-corrected chi connectivity index (χ2v) is 18.2. The first kappa shape index (κ1) is 37.8. The van der Waals surface area contributed by atoms with Crippen LogP contribution < -0.4 is 4.90 Å². The summed E-state index contributed by atoms with van der Waals surface area (Å²) in [7, 11) is 0. The molecule has 2 aliphatic heterocycles. The highest BCUT2D eigenvalue weighted by molar-refractivity contribution is 6.11. The van der Waals surface area contributed by atoms with Gasteiger partial charge in [0.05, 0.1) is 28.8 Å². The fourth-order valence-electron chi connectivity index (χ4n) is 11.3. The van der Waals surface area contributed by atoms with Crippen molar-refractivity contribution in [2.45, 2.75) is 44.2 Å². The van der Waals surface area contributed by atoms with Crippen molar-refractivity contribution in [3.8, 4) is 16.8 Å². The van der Waals surface area contributed by atoms with E-state index < -0.39 is 0 Å². The number of hydrogen-bond acceptors (Lipinski definition) is 3. The Hall–Kier alpha value is -7.69. The highest BCUT2D eigenvalue weighted by atomic mass is 16.3. The molecular formula is C61H47N3O. The Bertz CT molecular complexity index is 3530. The lowest BCUT2D eigenvalue weighted by atomic mass is 9.85. The zero-order chi connectivity index (χ0) is 43.0. The topological polar surface area (TPSA) is 33.7 Å². The highest BCUT2D eigenvalue weighted by Gasteiger charge is 2.38. The summed E-state index contributed by atoms with van der Waals surface area (Å²) in [5.74, 6) is 0.505. The maximum Gasteiger partial charge on any atom is 0.135 e. The number of nitrogens with zero attached hydrogens (tertiary/aromatic N) is 3. The molecule has 0 saturated heterocycles. The van der Waals surface area contributed by atoms with Gasteiger partial charge in [-0.3, -0.25) is 4.99 Å². The Morgan fingerprint density at radius 1 is 0.585 bits per heavy atom. The third-order valence-electron chi connectivity index (χ3n) is 14.3. The second-order valence-electron chi connectivity index (χ2n) is 18.2. The van der Waals surface area contributed by atoms with Gasteiger partial charge in [0.15, 0.2) is 0 Å². The molecule has 2 aliphatic carbocycles. The standard InChI is InChI=1S/C61H47N3O/c1-39-32-44(40-16-3-2-4-17-40)37-54(43-19-15-18-41(33-43)42-30-31-60-53(36-42)52-24-9-14-29-59(52)65-60)62-61(39)45-34-46(63-55-25-10-5-20-48(55)49-21-6-11-26-56(49)63)38-47(35-45)64-57-27-12-7-22-50(57)51-23-8-13-28-58(51)64/h2-3,5-16,18-31,33-39,48,55,61H,4,17,32H2,1H3. The summed E-state index contributed by atoms with van der Waals surface area (Å²) in [6, 6.07) is 57.9. The summed E-state index contributed by atoms with van der Waals surface area (Å²) >= 11 is 0. The summed E-state index contributed by atoms with van der Waals surface area (Å²) in [5.41, 5.74) is 17.7. The Labute approximate surface area is 379 Å². The molecular weight excluding hydrogens is 791 g/mol. The normalized spacial score (nSPS) is 20.3. The fourth-order valence-corrected chi connectivity index (χ4v) is 11.3. The number of anilines is 2. The number of para-hydroxylation sites is 4. The monoisotopic (exact) mass is 837 g/mol. The molecule has 9 aromatic rings. The van der Waals surface area contributed by atoms with E-state index in [1.54, 1.807) is 0 Å². The van der Waals surface area contributed by atoms with E-state index in [-0.39, 0.29) is 23.9 Å². The molecule has 0 saturated carbocycles. The highest BCUT2D eigenvalue weighted by Crippen LogP contribution is 2.49. The molecule has 7 aromatic carbocycles. The quantitative estimate of drug-likeness (QED) is 0.167. The molecule has 0 radical (unpaired) electrons. The first-order chi connectivity index (χ1) is 32.1. The summed E-state index contributed by atoms with van der Waals surface area (Å²) in [6.45, 7) is 2.41. The molecule has 4 nitrogen and oxygen atoms in total. The van der Waals surface area contributed by atoms with E-state index in [9.17, 15) is 0 Å². The van der Waals surface area contributed by atoms with Crippen LogP contribution in [0.1, 0.15) is 54.8 Å². The minimum Gasteiger partial charge on any atom is -0.456 e. The van der Waals surface area contributed by atoms with Crippen molar-refractivity contribution >= 4 is 60.8 Å². The smallest absolute Gasteiger partial charge is 0.135 e. The van der Waals surface area contributed by atoms with Gasteiger partial charge in [0.2, 0.25) is 0 Å². The molecule has 4 atom stereocenters. The average Bonchev–Trinajstić information content (AvgIpc) is 3.98. The predicted molar refractivity (Wildman–Crippen MR) is 271 cm³/mol. The number of aromatic nitrogens is 1. The maximum atomic E-state index is 6.22. The zero-order valence-corrected chi connectivity index (χ0v) is 36.3. The number of allylic oxidation sites excluding steroid dienone is 8. The van der Waals surface area contributed by atoms with E-state index in [4.69, 9.17) is 9.41 Å². The van der Waals surface area contributed by atoms with Crippen molar-refractivity contribution in [2.75, 3.05) is 4.90 Å². The van der Waals surface area contributed by atoms with Crippen molar-refractivity contribution in [1.29, 1.82) is 0 Å². The SMILES string of the molecule is CC1CC(C2=CC=CCC2)=CC(c2cccc(-c3ccc4oc5ccccc5c4c3)c2)=NC1c1cc(N2c3ccccc3C3C=CC=CC32)cc(-n2c3ccccc3c3ccccc32)c1. The molecule has 0 fully saturated rings. The lowest BCUT2D eigenvalue weighted by Crippen LogP contribution is -2.28. The molecule has 65 heavy (non-hydrogen) atoms. The number of rotatable bonds is 6. The summed E-state index contributed by atoms with van der Waals surface area (Å²) in [4.78, 5) is 8.51. The van der Waals surface area contributed by atoms with Crippen molar-refractivity contribution in [3.05, 3.63) is 234 Å². The molecule has 0 bridgehead atoms. The molecule has 4 unspecified atom stereocenters. The van der Waals surface area contributed by atoms with Crippen molar-refractivity contribution < 1.29 is 4.42 Å². The molecule has 13 rings (SSSR count). The van der Waals surface area contributed by atoms with E-state index in [0.29, 0.717) is 0 Å². The second kappa shape index (κ2) is 15.2. The first-order valence-corrected chi connectivity index (χ1v) is 23.2. The van der Waals surface area contributed by atoms with Gasteiger partial charge in [0.1, 0.15) is 11.2 Å². The molecule has 4 heteroatoms. The van der Waals surface area contributed by atoms with Gasteiger partial charge in [-0.15, -0.1) is 0 Å². The van der Waals surface area contributed by atoms with Gasteiger partial charge < -0.3 is 13.9 Å². The number of furan rings is 1. The van der Waals surface area contributed by atoms with Crippen LogP contribution in [0.4, 0.5) is 11.4 Å². The fraction of sp³-hybridized carbons (Fsp3) is 0.131. The third-order valence-corrected chi connectivity index (χ3v) is 14.3. The van der Waals surface area contributed by atoms with Crippen LogP contribution in [0.3, 0.4) is 0 Å². The molecule has 0 N–H and O–H groups in total. The van der Waals surface area contributed by atoms with Crippen LogP contribution in [0.25, 0.3) is 60.6 Å². The summed E-state index contributed by atoms with van der Waals surface area (Å²) in [5, 5.41) is 4.79. The van der Waals surface area contributed by atoms with Gasteiger partial charge in [0.25, 0.3) is 0 Å². The lowest BCUT2D eigenvalue weighted by molar-refractivity contribution is 0.473. The van der Waals surface area contributed by atoms with Crippen LogP contribution >= 0.6 is 0 Å². The molecule has 4 aliphatic rings. The van der Waals surface area contributed by atoms with E-state index in [1.807, 2.05) is 12.1 Å². The number of hydrogen-bond donors (Lipinski definition) is 0. The summed E-state index contributed by atoms with van der Waals surface area (Å²) < 4.78 is 8.70. The van der Waals surface area contributed by atoms with Crippen LogP contribution in [-0.2, 0) is 0 Å². The lowest BCUT2D eigenvalue weighted by Gasteiger charge is -2.31.